The summed E-state index contributed by atoms with van der Waals surface area (Å²) in [5.74, 6) is -1.33. The van der Waals surface area contributed by atoms with Crippen LogP contribution in [-0.4, -0.2) is 137 Å². The molecule has 10 rings (SSSR count). The minimum atomic E-state index is -4.66. The summed E-state index contributed by atoms with van der Waals surface area (Å²) in [5.41, 5.74) is 3.16. The number of alkyl halides is 3. The van der Waals surface area contributed by atoms with Crippen molar-refractivity contribution in [3.8, 4) is 0 Å². The van der Waals surface area contributed by atoms with Gasteiger partial charge in [-0.1, -0.05) is 48.5 Å². The fourth-order valence-electron chi connectivity index (χ4n) is 8.57. The Labute approximate surface area is 427 Å². The normalized spacial score (nSPS) is 13.8. The average molecular weight is 1020 g/mol. The van der Waals surface area contributed by atoms with Crippen LogP contribution in [0.25, 0.3) is 21.8 Å². The predicted molar refractivity (Wildman–Crippen MR) is 271 cm³/mol. The van der Waals surface area contributed by atoms with E-state index in [0.717, 1.165) is 28.7 Å². The van der Waals surface area contributed by atoms with Crippen molar-refractivity contribution >= 4 is 68.6 Å². The van der Waals surface area contributed by atoms with Crippen LogP contribution in [0.4, 0.5) is 24.5 Å². The Hall–Kier alpha value is -9.27. The third kappa shape index (κ3) is 12.5. The molecule has 2 aliphatic rings. The number of benzene rings is 4. The van der Waals surface area contributed by atoms with Gasteiger partial charge in [0.1, 0.15) is 30.2 Å². The maximum absolute atomic E-state index is 12.9. The van der Waals surface area contributed by atoms with E-state index in [-0.39, 0.29) is 48.3 Å². The van der Waals surface area contributed by atoms with Gasteiger partial charge < -0.3 is 30.2 Å². The molecule has 0 spiro atoms. The number of nitrogens with zero attached hydrogens (tertiary/aromatic N) is 10. The molecule has 382 valence electrons. The molecule has 4 aromatic heterocycles. The standard InChI is InChI=1S/C27H23F3N6O3.C27H26N6O3/c28-27(29,30)23-8-4-7-22(32-23)25(38)31-20-9-10-21-19(15-20)16-36(33-21)17-24(37)34-11-13-35(14-12-34)26(39)18-5-2-1-3-6-18;1-19-6-5-9-24(28-19)26(35)29-22-10-11-23-21(16-22)17-33(30-23)18-25(34)31-12-14-32(15-13-31)27(36)20-7-3-2-4-8-20/h1-10,15-16H,11-14,17H2,(H,31,38);2-11,16-17H,12-15,18H2,1H3,(H,29,35). The highest BCUT2D eigenvalue weighted by molar-refractivity contribution is 6.04. The van der Waals surface area contributed by atoms with Crippen LogP contribution in [0.5, 0.6) is 0 Å². The first-order valence-corrected chi connectivity index (χ1v) is 23.9. The lowest BCUT2D eigenvalue weighted by molar-refractivity contribution is -0.141. The third-order valence-electron chi connectivity index (χ3n) is 12.5. The van der Waals surface area contributed by atoms with Gasteiger partial charge in [-0.3, -0.25) is 38.1 Å². The third-order valence-corrected chi connectivity index (χ3v) is 12.5. The Bertz CT molecular complexity index is 3410. The number of aromatic nitrogens is 6. The number of piperazine rings is 2. The molecule has 2 fully saturated rings. The predicted octanol–water partition coefficient (Wildman–Crippen LogP) is 6.66. The Balaban J connectivity index is 0.000000184. The number of aryl methyl sites for hydroxylation is 1. The number of amides is 6. The van der Waals surface area contributed by atoms with E-state index in [4.69, 9.17) is 0 Å². The van der Waals surface area contributed by atoms with Crippen LogP contribution in [0.2, 0.25) is 0 Å². The first kappa shape index (κ1) is 50.7. The SMILES string of the molecule is Cc1cccc(C(=O)Nc2ccc3nn(CC(=O)N4CCN(C(=O)c5ccccc5)CC4)cc3c2)n1.O=C(Nc1ccc2nn(CC(=O)N3CCN(C(=O)c4ccccc4)CC3)cc2c1)c1cccc(C(F)(F)F)n1. The van der Waals surface area contributed by atoms with Crippen LogP contribution < -0.4 is 10.6 Å². The minimum absolute atomic E-state index is 0.00282. The summed E-state index contributed by atoms with van der Waals surface area (Å²) < 4.78 is 41.8. The Kier molecular flexibility index (Phi) is 15.0. The molecule has 0 saturated carbocycles. The van der Waals surface area contributed by atoms with Gasteiger partial charge in [-0.2, -0.15) is 23.4 Å². The van der Waals surface area contributed by atoms with Gasteiger partial charge in [0.15, 0.2) is 0 Å². The van der Waals surface area contributed by atoms with E-state index in [1.807, 2.05) is 61.5 Å². The fraction of sp³-hybridized carbons (Fsp3) is 0.222. The maximum Gasteiger partial charge on any atom is 0.433 e. The number of carbonyl (C=O) groups is 6. The monoisotopic (exact) mass is 1020 g/mol. The van der Waals surface area contributed by atoms with Gasteiger partial charge in [0.05, 0.1) is 11.0 Å². The lowest BCUT2D eigenvalue weighted by Crippen LogP contribution is -2.51. The second-order valence-electron chi connectivity index (χ2n) is 17.8. The molecule has 2 N–H and O–H groups in total. The van der Waals surface area contributed by atoms with E-state index in [0.29, 0.717) is 91.5 Å². The van der Waals surface area contributed by atoms with Crippen LogP contribution in [0.15, 0.2) is 146 Å². The summed E-state index contributed by atoms with van der Waals surface area (Å²) in [4.78, 5) is 90.6. The van der Waals surface area contributed by atoms with Gasteiger partial charge in [-0.15, -0.1) is 0 Å². The number of hydrogen-bond donors (Lipinski definition) is 2. The highest BCUT2D eigenvalue weighted by Gasteiger charge is 2.33. The van der Waals surface area contributed by atoms with Crippen LogP contribution in [-0.2, 0) is 28.9 Å². The molecule has 0 aliphatic carbocycles. The zero-order chi connectivity index (χ0) is 52.6. The molecule has 6 amide bonds. The summed E-state index contributed by atoms with van der Waals surface area (Å²) in [6.07, 6.45) is -1.21. The van der Waals surface area contributed by atoms with Gasteiger partial charge in [0.25, 0.3) is 23.6 Å². The fourth-order valence-corrected chi connectivity index (χ4v) is 8.57. The molecule has 2 saturated heterocycles. The van der Waals surface area contributed by atoms with Crippen molar-refractivity contribution in [2.24, 2.45) is 0 Å². The van der Waals surface area contributed by atoms with Crippen molar-refractivity contribution in [3.63, 3.8) is 0 Å². The molecule has 0 atom stereocenters. The Morgan fingerprint density at radius 3 is 1.33 bits per heavy atom. The molecule has 0 bridgehead atoms. The van der Waals surface area contributed by atoms with Gasteiger partial charge in [0, 0.05) is 104 Å². The van der Waals surface area contributed by atoms with Crippen molar-refractivity contribution in [1.82, 2.24) is 49.1 Å². The maximum atomic E-state index is 12.9. The summed E-state index contributed by atoms with van der Waals surface area (Å²) in [5, 5.41) is 15.8. The molecular formula is C54H49F3N12O6. The molecule has 0 radical (unpaired) electrons. The molecule has 18 nitrogen and oxygen atoms in total. The topological polar surface area (TPSA) is 201 Å². The zero-order valence-electron chi connectivity index (χ0n) is 40.5. The summed E-state index contributed by atoms with van der Waals surface area (Å²) >= 11 is 0. The average Bonchev–Trinajstić information content (AvgIpc) is 4.03. The smallest absolute Gasteiger partial charge is 0.338 e. The lowest BCUT2D eigenvalue weighted by atomic mass is 10.2. The van der Waals surface area contributed by atoms with E-state index in [1.54, 1.807) is 97.3 Å². The van der Waals surface area contributed by atoms with Gasteiger partial charge in [0.2, 0.25) is 11.8 Å². The van der Waals surface area contributed by atoms with Crippen molar-refractivity contribution < 1.29 is 41.9 Å². The van der Waals surface area contributed by atoms with Crippen molar-refractivity contribution in [2.75, 3.05) is 63.0 Å². The van der Waals surface area contributed by atoms with Gasteiger partial charge in [-0.25, -0.2) is 9.97 Å². The number of halogens is 3. The van der Waals surface area contributed by atoms with Crippen LogP contribution >= 0.6 is 0 Å². The summed E-state index contributed by atoms with van der Waals surface area (Å²) in [6, 6.07) is 36.8. The van der Waals surface area contributed by atoms with Gasteiger partial charge in [-0.05, 0) is 91.9 Å². The zero-order valence-corrected chi connectivity index (χ0v) is 40.5. The second kappa shape index (κ2) is 22.2. The number of hydrogen-bond acceptors (Lipinski definition) is 10. The van der Waals surface area contributed by atoms with Crippen LogP contribution in [0.1, 0.15) is 53.1 Å². The van der Waals surface area contributed by atoms with E-state index in [9.17, 15) is 41.9 Å². The van der Waals surface area contributed by atoms with Crippen LogP contribution in [0.3, 0.4) is 0 Å². The summed E-state index contributed by atoms with van der Waals surface area (Å²) in [6.45, 7) is 5.61. The lowest BCUT2D eigenvalue weighted by Gasteiger charge is -2.34. The second-order valence-corrected chi connectivity index (χ2v) is 17.8. The van der Waals surface area contributed by atoms with Crippen LogP contribution in [0, 0.1) is 6.92 Å². The molecule has 75 heavy (non-hydrogen) atoms. The van der Waals surface area contributed by atoms with E-state index in [2.05, 4.69) is 30.8 Å². The number of pyridine rings is 2. The largest absolute Gasteiger partial charge is 0.433 e. The highest BCUT2D eigenvalue weighted by Crippen LogP contribution is 2.28. The summed E-state index contributed by atoms with van der Waals surface area (Å²) in [7, 11) is 0. The van der Waals surface area contributed by atoms with E-state index in [1.165, 1.54) is 10.7 Å². The van der Waals surface area contributed by atoms with E-state index >= 15 is 0 Å². The number of anilines is 2. The van der Waals surface area contributed by atoms with Crippen molar-refractivity contribution in [1.29, 1.82) is 0 Å². The molecule has 0 unspecified atom stereocenters. The molecule has 2 aliphatic heterocycles. The number of nitrogens with one attached hydrogen (secondary N) is 2. The molecule has 6 heterocycles. The number of carbonyl (C=O) groups excluding carboxylic acids is 6. The minimum Gasteiger partial charge on any atom is -0.338 e. The van der Waals surface area contributed by atoms with Crippen molar-refractivity contribution in [3.05, 3.63) is 180 Å². The molecule has 21 heteroatoms. The Morgan fingerprint density at radius 2 is 0.907 bits per heavy atom. The molecule has 4 aromatic carbocycles. The first-order chi connectivity index (χ1) is 36.1. The molecule has 8 aromatic rings. The quantitative estimate of drug-likeness (QED) is 0.149. The number of fused-ring (bicyclic) bond motifs is 2. The highest BCUT2D eigenvalue weighted by atomic mass is 19.4. The number of rotatable bonds is 10. The van der Waals surface area contributed by atoms with Crippen molar-refractivity contribution in [2.45, 2.75) is 26.2 Å². The molecular weight excluding hydrogens is 970 g/mol. The Morgan fingerprint density at radius 1 is 0.493 bits per heavy atom. The van der Waals surface area contributed by atoms with E-state index < -0.39 is 17.8 Å². The first-order valence-electron chi connectivity index (χ1n) is 23.9. The van der Waals surface area contributed by atoms with Gasteiger partial charge >= 0.3 is 6.18 Å².